The maximum absolute atomic E-state index is 13.9. The molecule has 0 radical (unpaired) electrons. The standard InChI is InChI=1S/C15H21F2NO/c1-11-5-6-12(16)14(13(11)17)18-9-15(10-19)7-3-2-4-8-15/h5-6,18-19H,2-4,7-10H2,1H3. The Bertz CT molecular complexity index is 442. The molecular formula is C15H21F2NO. The average molecular weight is 269 g/mol. The molecule has 106 valence electrons. The molecule has 19 heavy (non-hydrogen) atoms. The molecule has 1 aliphatic carbocycles. The second kappa shape index (κ2) is 5.87. The van der Waals surface area contributed by atoms with Gasteiger partial charge in [-0.2, -0.15) is 0 Å². The minimum absolute atomic E-state index is 0.0645. The van der Waals surface area contributed by atoms with Gasteiger partial charge in [-0.1, -0.05) is 25.3 Å². The zero-order valence-electron chi connectivity index (χ0n) is 11.3. The first-order valence-electron chi connectivity index (χ1n) is 6.87. The van der Waals surface area contributed by atoms with Crippen molar-refractivity contribution in [3.8, 4) is 0 Å². The average Bonchev–Trinajstić information content (AvgIpc) is 2.44. The number of hydrogen-bond acceptors (Lipinski definition) is 2. The second-order valence-corrected chi connectivity index (χ2v) is 5.63. The van der Waals surface area contributed by atoms with Crippen LogP contribution in [-0.4, -0.2) is 18.3 Å². The lowest BCUT2D eigenvalue weighted by molar-refractivity contribution is 0.0942. The van der Waals surface area contributed by atoms with Gasteiger partial charge in [0.2, 0.25) is 0 Å². The van der Waals surface area contributed by atoms with Gasteiger partial charge in [0.25, 0.3) is 0 Å². The molecule has 0 saturated heterocycles. The summed E-state index contributed by atoms with van der Waals surface area (Å²) >= 11 is 0. The summed E-state index contributed by atoms with van der Waals surface area (Å²) in [5, 5.41) is 12.5. The highest BCUT2D eigenvalue weighted by molar-refractivity contribution is 5.49. The molecule has 1 aromatic carbocycles. The van der Waals surface area contributed by atoms with Crippen molar-refractivity contribution in [1.29, 1.82) is 0 Å². The Kier molecular flexibility index (Phi) is 4.40. The van der Waals surface area contributed by atoms with Gasteiger partial charge in [-0.3, -0.25) is 0 Å². The van der Waals surface area contributed by atoms with Crippen molar-refractivity contribution in [2.45, 2.75) is 39.0 Å². The van der Waals surface area contributed by atoms with E-state index in [2.05, 4.69) is 5.32 Å². The molecule has 0 spiro atoms. The van der Waals surface area contributed by atoms with E-state index >= 15 is 0 Å². The molecule has 0 heterocycles. The van der Waals surface area contributed by atoms with Crippen LogP contribution in [0.2, 0.25) is 0 Å². The van der Waals surface area contributed by atoms with E-state index in [0.29, 0.717) is 12.1 Å². The molecule has 2 nitrogen and oxygen atoms in total. The van der Waals surface area contributed by atoms with Gasteiger partial charge in [0.05, 0.1) is 6.61 Å². The van der Waals surface area contributed by atoms with Gasteiger partial charge in [0.15, 0.2) is 5.82 Å². The normalized spacial score (nSPS) is 18.3. The van der Waals surface area contributed by atoms with Crippen LogP contribution in [0, 0.1) is 24.0 Å². The maximum Gasteiger partial charge on any atom is 0.152 e. The fourth-order valence-corrected chi connectivity index (χ4v) is 2.79. The van der Waals surface area contributed by atoms with Crippen LogP contribution in [0.15, 0.2) is 12.1 Å². The summed E-state index contributed by atoms with van der Waals surface area (Å²) in [7, 11) is 0. The fourth-order valence-electron chi connectivity index (χ4n) is 2.79. The van der Waals surface area contributed by atoms with Gasteiger partial charge in [0.1, 0.15) is 11.5 Å². The van der Waals surface area contributed by atoms with Crippen molar-refractivity contribution in [1.82, 2.24) is 0 Å². The molecule has 1 aliphatic rings. The predicted molar refractivity (Wildman–Crippen MR) is 72.2 cm³/mol. The van der Waals surface area contributed by atoms with Crippen LogP contribution >= 0.6 is 0 Å². The van der Waals surface area contributed by atoms with E-state index in [-0.39, 0.29) is 17.7 Å². The van der Waals surface area contributed by atoms with Crippen LogP contribution in [0.25, 0.3) is 0 Å². The molecule has 1 aromatic rings. The van der Waals surface area contributed by atoms with Gasteiger partial charge in [0, 0.05) is 12.0 Å². The molecule has 2 rings (SSSR count). The molecule has 1 fully saturated rings. The molecule has 0 unspecified atom stereocenters. The zero-order chi connectivity index (χ0) is 13.9. The summed E-state index contributed by atoms with van der Waals surface area (Å²) in [6, 6.07) is 2.70. The van der Waals surface area contributed by atoms with Crippen LogP contribution in [0.1, 0.15) is 37.7 Å². The van der Waals surface area contributed by atoms with Crippen molar-refractivity contribution >= 4 is 5.69 Å². The van der Waals surface area contributed by atoms with Gasteiger partial charge < -0.3 is 10.4 Å². The van der Waals surface area contributed by atoms with Crippen LogP contribution < -0.4 is 5.32 Å². The summed E-state index contributed by atoms with van der Waals surface area (Å²) in [6.45, 7) is 2.10. The third-order valence-electron chi connectivity index (χ3n) is 4.17. The lowest BCUT2D eigenvalue weighted by atomic mass is 9.74. The number of aliphatic hydroxyl groups excluding tert-OH is 1. The molecule has 1 saturated carbocycles. The van der Waals surface area contributed by atoms with Crippen LogP contribution in [0.4, 0.5) is 14.5 Å². The SMILES string of the molecule is Cc1ccc(F)c(NCC2(CO)CCCCC2)c1F. The molecular weight excluding hydrogens is 248 g/mol. The van der Waals surface area contributed by atoms with Crippen LogP contribution in [0.5, 0.6) is 0 Å². The monoisotopic (exact) mass is 269 g/mol. The molecule has 4 heteroatoms. The minimum atomic E-state index is -0.577. The lowest BCUT2D eigenvalue weighted by Gasteiger charge is -2.36. The van der Waals surface area contributed by atoms with Crippen molar-refractivity contribution in [2.75, 3.05) is 18.5 Å². The number of aryl methyl sites for hydroxylation is 1. The Morgan fingerprint density at radius 2 is 1.89 bits per heavy atom. The minimum Gasteiger partial charge on any atom is -0.396 e. The summed E-state index contributed by atoms with van der Waals surface area (Å²) in [5.41, 5.74) is 0.116. The lowest BCUT2D eigenvalue weighted by Crippen LogP contribution is -2.36. The van der Waals surface area contributed by atoms with E-state index in [4.69, 9.17) is 0 Å². The molecule has 0 aliphatic heterocycles. The first kappa shape index (κ1) is 14.3. The van der Waals surface area contributed by atoms with Crippen LogP contribution in [-0.2, 0) is 0 Å². The Morgan fingerprint density at radius 1 is 1.21 bits per heavy atom. The topological polar surface area (TPSA) is 32.3 Å². The van der Waals surface area contributed by atoms with Gasteiger partial charge in [-0.25, -0.2) is 8.78 Å². The Morgan fingerprint density at radius 3 is 2.53 bits per heavy atom. The Hall–Kier alpha value is -1.16. The highest BCUT2D eigenvalue weighted by atomic mass is 19.1. The number of rotatable bonds is 4. The van der Waals surface area contributed by atoms with E-state index in [9.17, 15) is 13.9 Å². The van der Waals surface area contributed by atoms with E-state index in [1.165, 1.54) is 18.6 Å². The Labute approximate surface area is 112 Å². The summed E-state index contributed by atoms with van der Waals surface area (Å²) in [5.74, 6) is -1.11. The highest BCUT2D eigenvalue weighted by Crippen LogP contribution is 2.36. The highest BCUT2D eigenvalue weighted by Gasteiger charge is 2.31. The number of benzene rings is 1. The first-order valence-corrected chi connectivity index (χ1v) is 6.87. The number of aliphatic hydroxyl groups is 1. The van der Waals surface area contributed by atoms with E-state index in [1.54, 1.807) is 6.92 Å². The number of hydrogen-bond donors (Lipinski definition) is 2. The van der Waals surface area contributed by atoms with Crippen molar-refractivity contribution in [3.05, 3.63) is 29.3 Å². The van der Waals surface area contributed by atoms with Crippen LogP contribution in [0.3, 0.4) is 0 Å². The van der Waals surface area contributed by atoms with E-state index in [1.807, 2.05) is 0 Å². The second-order valence-electron chi connectivity index (χ2n) is 5.63. The molecule has 0 aromatic heterocycles. The largest absolute Gasteiger partial charge is 0.396 e. The zero-order valence-corrected chi connectivity index (χ0v) is 11.3. The number of halogens is 2. The quantitative estimate of drug-likeness (QED) is 0.875. The summed E-state index contributed by atoms with van der Waals surface area (Å²) < 4.78 is 27.5. The molecule has 0 amide bonds. The summed E-state index contributed by atoms with van der Waals surface area (Å²) in [6.07, 6.45) is 5.13. The van der Waals surface area contributed by atoms with Crippen molar-refractivity contribution in [3.63, 3.8) is 0 Å². The molecule has 0 atom stereocenters. The van der Waals surface area contributed by atoms with Gasteiger partial charge in [-0.05, 0) is 31.4 Å². The third-order valence-corrected chi connectivity index (χ3v) is 4.17. The summed E-state index contributed by atoms with van der Waals surface area (Å²) in [4.78, 5) is 0. The molecule has 2 N–H and O–H groups in total. The van der Waals surface area contributed by atoms with E-state index in [0.717, 1.165) is 25.7 Å². The maximum atomic E-state index is 13.9. The molecule has 0 bridgehead atoms. The number of anilines is 1. The number of nitrogens with one attached hydrogen (secondary N) is 1. The predicted octanol–water partition coefficient (Wildman–Crippen LogP) is 3.63. The Balaban J connectivity index is 2.11. The first-order chi connectivity index (χ1) is 9.08. The van der Waals surface area contributed by atoms with Crippen molar-refractivity contribution < 1.29 is 13.9 Å². The van der Waals surface area contributed by atoms with Gasteiger partial charge >= 0.3 is 0 Å². The smallest absolute Gasteiger partial charge is 0.152 e. The third kappa shape index (κ3) is 3.06. The van der Waals surface area contributed by atoms with Gasteiger partial charge in [-0.15, -0.1) is 0 Å². The fraction of sp³-hybridized carbons (Fsp3) is 0.600. The van der Waals surface area contributed by atoms with E-state index < -0.39 is 11.6 Å². The van der Waals surface area contributed by atoms with Crippen molar-refractivity contribution in [2.24, 2.45) is 5.41 Å².